The lowest BCUT2D eigenvalue weighted by atomic mass is 9.78. The van der Waals surface area contributed by atoms with Crippen LogP contribution in [-0.2, 0) is 4.79 Å². The summed E-state index contributed by atoms with van der Waals surface area (Å²) < 4.78 is 0. The third kappa shape index (κ3) is 1.44. The smallest absolute Gasteiger partial charge is 0.310 e. The maximum absolute atomic E-state index is 10.9. The first-order chi connectivity index (χ1) is 5.61. The highest BCUT2D eigenvalue weighted by molar-refractivity contribution is 5.75. The van der Waals surface area contributed by atoms with Gasteiger partial charge in [-0.05, 0) is 32.4 Å². The molecule has 4 nitrogen and oxygen atoms in total. The van der Waals surface area contributed by atoms with Gasteiger partial charge in [-0.1, -0.05) is 0 Å². The number of rotatable bonds is 3. The van der Waals surface area contributed by atoms with Gasteiger partial charge in [-0.2, -0.15) is 0 Å². The van der Waals surface area contributed by atoms with E-state index in [9.17, 15) is 4.79 Å². The predicted molar refractivity (Wildman–Crippen MR) is 45.8 cm³/mol. The number of nitrogens with one attached hydrogen (secondary N) is 1. The third-order valence-corrected chi connectivity index (χ3v) is 2.79. The Morgan fingerprint density at radius 2 is 2.50 bits per heavy atom. The summed E-state index contributed by atoms with van der Waals surface area (Å²) >= 11 is 0. The van der Waals surface area contributed by atoms with Crippen LogP contribution in [0.2, 0.25) is 0 Å². The fraction of sp³-hybridized carbons (Fsp3) is 0.875. The quantitative estimate of drug-likeness (QED) is 0.543. The molecule has 70 valence electrons. The zero-order valence-electron chi connectivity index (χ0n) is 7.34. The van der Waals surface area contributed by atoms with Gasteiger partial charge in [-0.25, -0.2) is 0 Å². The lowest BCUT2D eigenvalue weighted by Crippen LogP contribution is -2.36. The summed E-state index contributed by atoms with van der Waals surface area (Å²) in [6, 6.07) is 0. The molecule has 0 bridgehead atoms. The number of carbonyl (C=O) groups is 1. The second-order valence-corrected chi connectivity index (χ2v) is 3.63. The summed E-state index contributed by atoms with van der Waals surface area (Å²) in [6.07, 6.45) is 0.788. The highest BCUT2D eigenvalue weighted by atomic mass is 16.4. The molecule has 1 aliphatic heterocycles. The van der Waals surface area contributed by atoms with E-state index in [2.05, 4.69) is 5.32 Å². The fourth-order valence-electron chi connectivity index (χ4n) is 1.75. The van der Waals surface area contributed by atoms with Crippen molar-refractivity contribution in [1.29, 1.82) is 0 Å². The molecular formula is C8H16N2O2. The van der Waals surface area contributed by atoms with Gasteiger partial charge >= 0.3 is 5.97 Å². The average Bonchev–Trinajstić information content (AvgIpc) is 2.35. The molecule has 0 aromatic heterocycles. The van der Waals surface area contributed by atoms with Crippen molar-refractivity contribution in [2.24, 2.45) is 17.1 Å². The van der Waals surface area contributed by atoms with Gasteiger partial charge in [0.15, 0.2) is 0 Å². The molecular weight excluding hydrogens is 156 g/mol. The molecule has 0 saturated carbocycles. The fourth-order valence-corrected chi connectivity index (χ4v) is 1.75. The average molecular weight is 172 g/mol. The van der Waals surface area contributed by atoms with Crippen molar-refractivity contribution in [2.75, 3.05) is 19.6 Å². The van der Waals surface area contributed by atoms with Gasteiger partial charge in [0.05, 0.1) is 5.41 Å². The standard InChI is InChI=1S/C8H16N2O2/c1-8(7(11)12)5-10-4-6(8)2-3-9/h6,10H,2-5,9H2,1H3,(H,11,12)/t6-,8+/m1/s1. The number of hydrogen-bond acceptors (Lipinski definition) is 3. The van der Waals surface area contributed by atoms with Crippen molar-refractivity contribution in [1.82, 2.24) is 5.32 Å². The van der Waals surface area contributed by atoms with Gasteiger partial charge in [0.2, 0.25) is 0 Å². The van der Waals surface area contributed by atoms with Crippen LogP contribution in [0.3, 0.4) is 0 Å². The minimum Gasteiger partial charge on any atom is -0.481 e. The molecule has 2 atom stereocenters. The Hall–Kier alpha value is -0.610. The summed E-state index contributed by atoms with van der Waals surface area (Å²) in [5.41, 5.74) is 4.80. The highest BCUT2D eigenvalue weighted by Crippen LogP contribution is 2.33. The van der Waals surface area contributed by atoms with Crippen LogP contribution in [-0.4, -0.2) is 30.7 Å². The van der Waals surface area contributed by atoms with E-state index >= 15 is 0 Å². The summed E-state index contributed by atoms with van der Waals surface area (Å²) in [5.74, 6) is -0.536. The minimum absolute atomic E-state index is 0.181. The molecule has 4 heteroatoms. The molecule has 0 radical (unpaired) electrons. The maximum atomic E-state index is 10.9. The molecule has 1 fully saturated rings. The van der Waals surface area contributed by atoms with Crippen LogP contribution in [0.1, 0.15) is 13.3 Å². The second-order valence-electron chi connectivity index (χ2n) is 3.63. The van der Waals surface area contributed by atoms with E-state index in [1.807, 2.05) is 0 Å². The van der Waals surface area contributed by atoms with Gasteiger partial charge in [0, 0.05) is 6.54 Å². The Morgan fingerprint density at radius 3 is 3.00 bits per heavy atom. The third-order valence-electron chi connectivity index (χ3n) is 2.79. The van der Waals surface area contributed by atoms with E-state index in [1.165, 1.54) is 0 Å². The van der Waals surface area contributed by atoms with Crippen molar-refractivity contribution in [3.63, 3.8) is 0 Å². The van der Waals surface area contributed by atoms with Gasteiger partial charge in [0.1, 0.15) is 0 Å². The molecule has 0 aromatic carbocycles. The van der Waals surface area contributed by atoms with Gasteiger partial charge < -0.3 is 16.2 Å². The molecule has 0 amide bonds. The molecule has 12 heavy (non-hydrogen) atoms. The molecule has 4 N–H and O–H groups in total. The summed E-state index contributed by atoms with van der Waals surface area (Å²) in [4.78, 5) is 10.9. The number of hydrogen-bond donors (Lipinski definition) is 3. The van der Waals surface area contributed by atoms with Gasteiger partial charge in [-0.15, -0.1) is 0 Å². The molecule has 1 rings (SSSR count). The van der Waals surface area contributed by atoms with Crippen LogP contribution >= 0.6 is 0 Å². The summed E-state index contributed by atoms with van der Waals surface area (Å²) in [7, 11) is 0. The molecule has 0 aromatic rings. The molecule has 1 heterocycles. The second kappa shape index (κ2) is 3.41. The van der Waals surface area contributed by atoms with E-state index in [0.29, 0.717) is 13.1 Å². The largest absolute Gasteiger partial charge is 0.481 e. The van der Waals surface area contributed by atoms with E-state index in [0.717, 1.165) is 13.0 Å². The van der Waals surface area contributed by atoms with Crippen LogP contribution < -0.4 is 11.1 Å². The first-order valence-corrected chi connectivity index (χ1v) is 4.25. The molecule has 0 unspecified atom stereocenters. The number of carboxylic acid groups (broad SMARTS) is 1. The van der Waals surface area contributed by atoms with Crippen molar-refractivity contribution in [2.45, 2.75) is 13.3 Å². The van der Waals surface area contributed by atoms with E-state index in [1.54, 1.807) is 6.92 Å². The summed E-state index contributed by atoms with van der Waals surface area (Å²) in [5, 5.41) is 12.1. The molecule has 0 aliphatic carbocycles. The van der Waals surface area contributed by atoms with Crippen LogP contribution in [0.4, 0.5) is 0 Å². The summed E-state index contributed by atoms with van der Waals surface area (Å²) in [6.45, 7) is 3.69. The Morgan fingerprint density at radius 1 is 1.83 bits per heavy atom. The van der Waals surface area contributed by atoms with Crippen LogP contribution in [0, 0.1) is 11.3 Å². The first-order valence-electron chi connectivity index (χ1n) is 4.25. The lowest BCUT2D eigenvalue weighted by molar-refractivity contribution is -0.149. The van der Waals surface area contributed by atoms with E-state index in [4.69, 9.17) is 10.8 Å². The number of nitrogens with two attached hydrogens (primary N) is 1. The van der Waals surface area contributed by atoms with E-state index < -0.39 is 11.4 Å². The Bertz CT molecular complexity index is 184. The van der Waals surface area contributed by atoms with Crippen molar-refractivity contribution >= 4 is 5.97 Å². The Balaban J connectivity index is 2.67. The predicted octanol–water partition coefficient (Wildman–Crippen LogP) is -0.354. The monoisotopic (exact) mass is 172 g/mol. The van der Waals surface area contributed by atoms with Gasteiger partial charge in [-0.3, -0.25) is 4.79 Å². The van der Waals surface area contributed by atoms with Crippen LogP contribution in [0.15, 0.2) is 0 Å². The Labute approximate surface area is 72.1 Å². The molecule has 1 aliphatic rings. The first kappa shape index (κ1) is 9.48. The number of aliphatic carboxylic acids is 1. The topological polar surface area (TPSA) is 75.3 Å². The number of carboxylic acids is 1. The highest BCUT2D eigenvalue weighted by Gasteiger charge is 2.44. The maximum Gasteiger partial charge on any atom is 0.310 e. The Kier molecular flexibility index (Phi) is 2.69. The normalized spacial score (nSPS) is 35.3. The van der Waals surface area contributed by atoms with E-state index in [-0.39, 0.29) is 5.92 Å². The lowest BCUT2D eigenvalue weighted by Gasteiger charge is -2.24. The van der Waals surface area contributed by atoms with Crippen molar-refractivity contribution < 1.29 is 9.90 Å². The van der Waals surface area contributed by atoms with Crippen molar-refractivity contribution in [3.8, 4) is 0 Å². The van der Waals surface area contributed by atoms with Crippen LogP contribution in [0.5, 0.6) is 0 Å². The zero-order valence-corrected chi connectivity index (χ0v) is 7.34. The van der Waals surface area contributed by atoms with Crippen molar-refractivity contribution in [3.05, 3.63) is 0 Å². The molecule has 0 spiro atoms. The SMILES string of the molecule is C[C@]1(C(=O)O)CNC[C@H]1CCN. The minimum atomic E-state index is -0.717. The zero-order chi connectivity index (χ0) is 9.19. The van der Waals surface area contributed by atoms with Gasteiger partial charge in [0.25, 0.3) is 0 Å². The van der Waals surface area contributed by atoms with Crippen LogP contribution in [0.25, 0.3) is 0 Å². The molecule has 1 saturated heterocycles.